The summed E-state index contributed by atoms with van der Waals surface area (Å²) in [6.07, 6.45) is 10.8. The summed E-state index contributed by atoms with van der Waals surface area (Å²) in [4.78, 5) is 17.4. The monoisotopic (exact) mass is 386 g/mol. The van der Waals surface area contributed by atoms with E-state index in [1.165, 1.54) is 32.1 Å². The Kier molecular flexibility index (Phi) is 6.05. The smallest absolute Gasteiger partial charge is 0.226 e. The van der Waals surface area contributed by atoms with Crippen molar-refractivity contribution in [2.75, 3.05) is 33.2 Å². The summed E-state index contributed by atoms with van der Waals surface area (Å²) in [5.41, 5.74) is 1.20. The van der Waals surface area contributed by atoms with Gasteiger partial charge >= 0.3 is 0 Å². The van der Waals surface area contributed by atoms with Gasteiger partial charge in [-0.2, -0.15) is 0 Å². The second-order valence-corrected chi connectivity index (χ2v) is 9.52. The molecule has 4 heteroatoms. The molecule has 2 aliphatic carbocycles. The standard InChI is InChI=1S/C24H35FN2O/c1-26(23(28)21-17-24(21)12-5-2-6-13-24)18-19-9-14-27(15-10-19)16-11-20-7-3-4-8-22(20)25/h3-4,7-8,19,21H,2,5-6,9-18H2,1H3/t21-/m1/s1. The van der Waals surface area contributed by atoms with E-state index in [-0.39, 0.29) is 5.82 Å². The van der Waals surface area contributed by atoms with E-state index in [0.29, 0.717) is 23.2 Å². The SMILES string of the molecule is CN(CC1CCN(CCc2ccccc2F)CC1)C(=O)[C@H]1CC12CCCCC2. The maximum absolute atomic E-state index is 13.8. The molecule has 154 valence electrons. The van der Waals surface area contributed by atoms with Crippen molar-refractivity contribution in [3.63, 3.8) is 0 Å². The van der Waals surface area contributed by atoms with Gasteiger partial charge in [0.25, 0.3) is 0 Å². The second kappa shape index (κ2) is 8.52. The van der Waals surface area contributed by atoms with Gasteiger partial charge in [-0.1, -0.05) is 37.5 Å². The summed E-state index contributed by atoms with van der Waals surface area (Å²) in [5, 5.41) is 0. The van der Waals surface area contributed by atoms with Crippen LogP contribution in [0.25, 0.3) is 0 Å². The Balaban J connectivity index is 1.18. The van der Waals surface area contributed by atoms with Crippen LogP contribution in [0.5, 0.6) is 0 Å². The Labute approximate surface area is 169 Å². The third kappa shape index (κ3) is 4.42. The van der Waals surface area contributed by atoms with Crippen molar-refractivity contribution in [2.45, 2.75) is 57.8 Å². The predicted molar refractivity (Wildman–Crippen MR) is 111 cm³/mol. The van der Waals surface area contributed by atoms with E-state index in [2.05, 4.69) is 4.90 Å². The van der Waals surface area contributed by atoms with Crippen molar-refractivity contribution >= 4 is 5.91 Å². The van der Waals surface area contributed by atoms with E-state index >= 15 is 0 Å². The fourth-order valence-corrected chi connectivity index (χ4v) is 5.62. The molecular formula is C24H35FN2O. The molecule has 1 spiro atoms. The molecule has 3 aliphatic rings. The average molecular weight is 387 g/mol. The van der Waals surface area contributed by atoms with E-state index in [0.717, 1.165) is 57.4 Å². The molecule has 3 nitrogen and oxygen atoms in total. The van der Waals surface area contributed by atoms with Gasteiger partial charge in [0.2, 0.25) is 5.91 Å². The molecular weight excluding hydrogens is 351 g/mol. The van der Waals surface area contributed by atoms with Gasteiger partial charge in [0.1, 0.15) is 5.82 Å². The first-order chi connectivity index (χ1) is 13.6. The zero-order valence-corrected chi connectivity index (χ0v) is 17.3. The highest BCUT2D eigenvalue weighted by atomic mass is 19.1. The van der Waals surface area contributed by atoms with Crippen molar-refractivity contribution in [3.8, 4) is 0 Å². The van der Waals surface area contributed by atoms with Crippen LogP contribution < -0.4 is 0 Å². The number of piperidine rings is 1. The highest BCUT2D eigenvalue weighted by molar-refractivity contribution is 5.82. The molecule has 1 heterocycles. The van der Waals surface area contributed by atoms with E-state index < -0.39 is 0 Å². The molecule has 1 atom stereocenters. The first-order valence-electron chi connectivity index (χ1n) is 11.3. The Morgan fingerprint density at radius 1 is 1.18 bits per heavy atom. The average Bonchev–Trinajstić information content (AvgIpc) is 3.41. The molecule has 1 amide bonds. The number of carbonyl (C=O) groups is 1. The number of benzene rings is 1. The molecule has 2 saturated carbocycles. The minimum atomic E-state index is -0.0895. The van der Waals surface area contributed by atoms with Crippen LogP contribution >= 0.6 is 0 Å². The quantitative estimate of drug-likeness (QED) is 0.718. The number of amides is 1. The summed E-state index contributed by atoms with van der Waals surface area (Å²) in [5.74, 6) is 1.25. The molecule has 1 aliphatic heterocycles. The molecule has 1 aromatic carbocycles. The van der Waals surface area contributed by atoms with Crippen LogP contribution in [-0.2, 0) is 11.2 Å². The summed E-state index contributed by atoms with van der Waals surface area (Å²) < 4.78 is 13.8. The van der Waals surface area contributed by atoms with E-state index in [1.54, 1.807) is 12.1 Å². The number of hydrogen-bond donors (Lipinski definition) is 0. The Morgan fingerprint density at radius 2 is 1.89 bits per heavy atom. The van der Waals surface area contributed by atoms with Gasteiger partial charge in [0.15, 0.2) is 0 Å². The van der Waals surface area contributed by atoms with E-state index in [9.17, 15) is 9.18 Å². The number of hydrogen-bond acceptors (Lipinski definition) is 2. The normalized spacial score (nSPS) is 25.0. The lowest BCUT2D eigenvalue weighted by atomic mass is 9.84. The van der Waals surface area contributed by atoms with E-state index in [4.69, 9.17) is 0 Å². The molecule has 0 radical (unpaired) electrons. The molecule has 0 N–H and O–H groups in total. The third-order valence-corrected chi connectivity index (χ3v) is 7.61. The van der Waals surface area contributed by atoms with Gasteiger partial charge in [-0.25, -0.2) is 4.39 Å². The Morgan fingerprint density at radius 3 is 2.61 bits per heavy atom. The van der Waals surface area contributed by atoms with Gasteiger partial charge < -0.3 is 9.80 Å². The van der Waals surface area contributed by atoms with Crippen LogP contribution in [0.3, 0.4) is 0 Å². The van der Waals surface area contributed by atoms with Crippen LogP contribution in [0.4, 0.5) is 4.39 Å². The number of carbonyl (C=O) groups excluding carboxylic acids is 1. The van der Waals surface area contributed by atoms with Crippen LogP contribution in [0, 0.1) is 23.1 Å². The number of halogens is 1. The lowest BCUT2D eigenvalue weighted by molar-refractivity contribution is -0.133. The third-order valence-electron chi connectivity index (χ3n) is 7.61. The number of nitrogens with zero attached hydrogens (tertiary/aromatic N) is 2. The number of rotatable bonds is 6. The first-order valence-corrected chi connectivity index (χ1v) is 11.3. The summed E-state index contributed by atoms with van der Waals surface area (Å²) in [6.45, 7) is 3.96. The van der Waals surface area contributed by atoms with Crippen molar-refractivity contribution in [1.29, 1.82) is 0 Å². The topological polar surface area (TPSA) is 23.6 Å². The lowest BCUT2D eigenvalue weighted by Gasteiger charge is -2.34. The summed E-state index contributed by atoms with van der Waals surface area (Å²) in [7, 11) is 2.02. The maximum atomic E-state index is 13.8. The first kappa shape index (κ1) is 19.9. The number of likely N-dealkylation sites (tertiary alicyclic amines) is 1. The predicted octanol–water partition coefficient (Wildman–Crippen LogP) is 4.51. The second-order valence-electron chi connectivity index (χ2n) is 9.52. The minimum Gasteiger partial charge on any atom is -0.345 e. The highest BCUT2D eigenvalue weighted by Gasteiger charge is 2.58. The van der Waals surface area contributed by atoms with Gasteiger partial charge in [0, 0.05) is 26.1 Å². The minimum absolute atomic E-state index is 0.0895. The van der Waals surface area contributed by atoms with Crippen LogP contribution in [0.1, 0.15) is 56.9 Å². The fourth-order valence-electron chi connectivity index (χ4n) is 5.62. The summed E-state index contributed by atoms with van der Waals surface area (Å²) >= 11 is 0. The molecule has 0 aromatic heterocycles. The Hall–Kier alpha value is -1.42. The molecule has 0 unspecified atom stereocenters. The van der Waals surface area contributed by atoms with Crippen molar-refractivity contribution in [3.05, 3.63) is 35.6 Å². The highest BCUT2D eigenvalue weighted by Crippen LogP contribution is 2.61. The van der Waals surface area contributed by atoms with Gasteiger partial charge in [-0.05, 0) is 74.6 Å². The molecule has 0 bridgehead atoms. The molecule has 3 fully saturated rings. The fraction of sp³-hybridized carbons (Fsp3) is 0.708. The Bertz CT molecular complexity index is 677. The molecule has 1 saturated heterocycles. The zero-order chi connectivity index (χ0) is 19.6. The van der Waals surface area contributed by atoms with Crippen molar-refractivity contribution in [2.24, 2.45) is 17.3 Å². The maximum Gasteiger partial charge on any atom is 0.226 e. The van der Waals surface area contributed by atoms with Crippen molar-refractivity contribution < 1.29 is 9.18 Å². The van der Waals surface area contributed by atoms with Gasteiger partial charge in [-0.3, -0.25) is 4.79 Å². The zero-order valence-electron chi connectivity index (χ0n) is 17.3. The molecule has 4 rings (SSSR count). The lowest BCUT2D eigenvalue weighted by Crippen LogP contribution is -2.41. The van der Waals surface area contributed by atoms with Crippen LogP contribution in [0.15, 0.2) is 24.3 Å². The van der Waals surface area contributed by atoms with Crippen LogP contribution in [-0.4, -0.2) is 48.9 Å². The van der Waals surface area contributed by atoms with Gasteiger partial charge in [-0.15, -0.1) is 0 Å². The molecule has 28 heavy (non-hydrogen) atoms. The van der Waals surface area contributed by atoms with Crippen LogP contribution in [0.2, 0.25) is 0 Å². The van der Waals surface area contributed by atoms with E-state index in [1.807, 2.05) is 24.1 Å². The summed E-state index contributed by atoms with van der Waals surface area (Å²) in [6, 6.07) is 7.10. The molecule has 1 aromatic rings. The largest absolute Gasteiger partial charge is 0.345 e. The van der Waals surface area contributed by atoms with Gasteiger partial charge in [0.05, 0.1) is 0 Å². The van der Waals surface area contributed by atoms with Crippen molar-refractivity contribution in [1.82, 2.24) is 9.80 Å².